The van der Waals surface area contributed by atoms with Gasteiger partial charge in [-0.05, 0) is 58.7 Å². The summed E-state index contributed by atoms with van der Waals surface area (Å²) in [6, 6.07) is 3.98. The average Bonchev–Trinajstić information content (AvgIpc) is 2.92. The second kappa shape index (κ2) is 9.08. The average molecular weight is 415 g/mol. The van der Waals surface area contributed by atoms with E-state index < -0.39 is 0 Å². The first-order valence-corrected chi connectivity index (χ1v) is 9.20. The van der Waals surface area contributed by atoms with Crippen molar-refractivity contribution in [1.29, 1.82) is 0 Å². The van der Waals surface area contributed by atoms with Crippen LogP contribution in [0.1, 0.15) is 38.1 Å². The summed E-state index contributed by atoms with van der Waals surface area (Å²) in [7, 11) is 1.64. The fourth-order valence-corrected chi connectivity index (χ4v) is 3.09. The number of rotatable bonds is 9. The third-order valence-corrected chi connectivity index (χ3v) is 4.26. The molecule has 1 heterocycles. The molecule has 0 aliphatic rings. The summed E-state index contributed by atoms with van der Waals surface area (Å²) >= 11 is 8.84. The van der Waals surface area contributed by atoms with Gasteiger partial charge >= 0.3 is 0 Å². The van der Waals surface area contributed by atoms with Crippen LogP contribution in [0.3, 0.4) is 0 Å². The number of halogens is 1. The van der Waals surface area contributed by atoms with Gasteiger partial charge in [-0.25, -0.2) is 4.68 Å². The van der Waals surface area contributed by atoms with Gasteiger partial charge in [0, 0.05) is 6.42 Å². The molecule has 0 fully saturated rings. The lowest BCUT2D eigenvalue weighted by Gasteiger charge is -2.15. The van der Waals surface area contributed by atoms with Gasteiger partial charge in [-0.15, -0.1) is 0 Å². The second-order valence-corrected chi connectivity index (χ2v) is 6.56. The van der Waals surface area contributed by atoms with E-state index in [1.807, 2.05) is 16.8 Å². The molecule has 2 rings (SSSR count). The van der Waals surface area contributed by atoms with E-state index >= 15 is 0 Å². The number of aromatic nitrogens is 3. The zero-order valence-electron chi connectivity index (χ0n) is 14.2. The van der Waals surface area contributed by atoms with Crippen molar-refractivity contribution in [2.45, 2.75) is 39.7 Å². The van der Waals surface area contributed by atoms with Gasteiger partial charge in [0.1, 0.15) is 0 Å². The van der Waals surface area contributed by atoms with E-state index in [1.54, 1.807) is 7.11 Å². The van der Waals surface area contributed by atoms with Crippen LogP contribution in [0.2, 0.25) is 0 Å². The number of methoxy groups -OCH3 is 1. The Hall–Kier alpha value is -1.54. The molecule has 0 unspecified atom stereocenters. The molecule has 0 bridgehead atoms. The molecule has 0 amide bonds. The number of hydrogen-bond acceptors (Lipinski definition) is 5. The minimum Gasteiger partial charge on any atom is -0.493 e. The summed E-state index contributed by atoms with van der Waals surface area (Å²) in [5, 5.41) is 7.07. The first kappa shape index (κ1) is 18.8. The van der Waals surface area contributed by atoms with Gasteiger partial charge in [0.2, 0.25) is 4.77 Å². The number of H-pyrrole nitrogens is 1. The number of benzene rings is 1. The normalized spacial score (nSPS) is 10.7. The van der Waals surface area contributed by atoms with Gasteiger partial charge < -0.3 is 14.9 Å². The summed E-state index contributed by atoms with van der Waals surface area (Å²) in [5.74, 6) is 2.34. The van der Waals surface area contributed by atoms with Crippen molar-refractivity contribution in [2.24, 2.45) is 0 Å². The Morgan fingerprint density at radius 2 is 2.12 bits per heavy atom. The number of hydrogen-bond donors (Lipinski definition) is 2. The molecule has 0 aliphatic heterocycles. The molecule has 0 aliphatic carbocycles. The third kappa shape index (κ3) is 4.51. The first-order valence-electron chi connectivity index (χ1n) is 8.00. The lowest BCUT2D eigenvalue weighted by molar-refractivity contribution is 0.292. The van der Waals surface area contributed by atoms with Gasteiger partial charge in [0.15, 0.2) is 17.3 Å². The zero-order chi connectivity index (χ0) is 17.5. The molecule has 132 valence electrons. The molecule has 1 aromatic heterocycles. The Morgan fingerprint density at radius 3 is 2.79 bits per heavy atom. The van der Waals surface area contributed by atoms with Crippen LogP contribution < -0.4 is 14.9 Å². The van der Waals surface area contributed by atoms with E-state index in [-0.39, 0.29) is 0 Å². The number of aryl methyl sites for hydroxylation is 1. The Kier molecular flexibility index (Phi) is 7.11. The maximum Gasteiger partial charge on any atom is 0.214 e. The molecule has 0 atom stereocenters. The van der Waals surface area contributed by atoms with Crippen LogP contribution >= 0.6 is 28.1 Å². The van der Waals surface area contributed by atoms with Gasteiger partial charge in [0.25, 0.3) is 0 Å². The molecule has 2 N–H and O–H groups in total. The van der Waals surface area contributed by atoms with E-state index in [4.69, 9.17) is 21.7 Å². The van der Waals surface area contributed by atoms with Gasteiger partial charge in [-0.1, -0.05) is 13.8 Å². The SMILES string of the molecule is CCCOc1c(Br)cc(CNn2c(CCC)n[nH]c2=S)cc1OC. The topological polar surface area (TPSA) is 64.1 Å². The predicted octanol–water partition coefficient (Wildman–Crippen LogP) is 4.20. The summed E-state index contributed by atoms with van der Waals surface area (Å²) in [6.07, 6.45) is 2.80. The Bertz CT molecular complexity index is 729. The van der Waals surface area contributed by atoms with Gasteiger partial charge in [0.05, 0.1) is 24.7 Å². The minimum atomic E-state index is 0.562. The van der Waals surface area contributed by atoms with Crippen molar-refractivity contribution in [2.75, 3.05) is 19.1 Å². The number of aromatic amines is 1. The number of nitrogens with one attached hydrogen (secondary N) is 2. The van der Waals surface area contributed by atoms with Crippen LogP contribution in [0.5, 0.6) is 11.5 Å². The second-order valence-electron chi connectivity index (χ2n) is 5.32. The van der Waals surface area contributed by atoms with Crippen molar-refractivity contribution in [3.63, 3.8) is 0 Å². The highest BCUT2D eigenvalue weighted by atomic mass is 79.9. The highest BCUT2D eigenvalue weighted by Gasteiger charge is 2.12. The van der Waals surface area contributed by atoms with Gasteiger partial charge in [-0.2, -0.15) is 5.10 Å². The zero-order valence-corrected chi connectivity index (χ0v) is 16.6. The quantitative estimate of drug-likeness (QED) is 0.601. The van der Waals surface area contributed by atoms with Crippen molar-refractivity contribution in [3.8, 4) is 11.5 Å². The minimum absolute atomic E-state index is 0.562. The van der Waals surface area contributed by atoms with E-state index in [1.165, 1.54) is 0 Å². The van der Waals surface area contributed by atoms with Crippen molar-refractivity contribution < 1.29 is 9.47 Å². The molecule has 1 aromatic carbocycles. The van der Waals surface area contributed by atoms with Gasteiger partial charge in [-0.3, -0.25) is 5.10 Å². The molecule has 2 aromatic rings. The smallest absolute Gasteiger partial charge is 0.214 e. The van der Waals surface area contributed by atoms with Crippen LogP contribution in [0.15, 0.2) is 16.6 Å². The van der Waals surface area contributed by atoms with Crippen LogP contribution in [0, 0.1) is 4.77 Å². The van der Waals surface area contributed by atoms with E-state index in [0.29, 0.717) is 23.7 Å². The molecule has 8 heteroatoms. The highest BCUT2D eigenvalue weighted by molar-refractivity contribution is 9.10. The van der Waals surface area contributed by atoms with E-state index in [9.17, 15) is 0 Å². The fraction of sp³-hybridized carbons (Fsp3) is 0.500. The highest BCUT2D eigenvalue weighted by Crippen LogP contribution is 2.36. The molecule has 0 saturated heterocycles. The summed E-state index contributed by atoms with van der Waals surface area (Å²) < 4.78 is 14.5. The van der Waals surface area contributed by atoms with Crippen molar-refractivity contribution in [3.05, 3.63) is 32.8 Å². The summed E-state index contributed by atoms with van der Waals surface area (Å²) in [5.41, 5.74) is 4.35. The van der Waals surface area contributed by atoms with Crippen LogP contribution in [0.4, 0.5) is 0 Å². The predicted molar refractivity (Wildman–Crippen MR) is 101 cm³/mol. The number of nitrogens with zero attached hydrogens (tertiary/aromatic N) is 2. The molecule has 0 radical (unpaired) electrons. The maximum atomic E-state index is 5.75. The van der Waals surface area contributed by atoms with Crippen molar-refractivity contribution >= 4 is 28.1 Å². The molecule has 24 heavy (non-hydrogen) atoms. The molecule has 0 saturated carbocycles. The lowest BCUT2D eigenvalue weighted by Crippen LogP contribution is -2.17. The standard InChI is InChI=1S/C16H23BrN4O2S/c1-4-6-14-19-20-16(24)21(14)18-10-11-8-12(17)15(23-7-5-2)13(9-11)22-3/h8-9,18H,4-7,10H2,1-3H3,(H,20,24). The number of ether oxygens (including phenoxy) is 2. The Morgan fingerprint density at radius 1 is 1.33 bits per heavy atom. The van der Waals surface area contributed by atoms with Crippen LogP contribution in [-0.4, -0.2) is 28.6 Å². The summed E-state index contributed by atoms with van der Waals surface area (Å²) in [4.78, 5) is 0. The first-order chi connectivity index (χ1) is 11.6. The summed E-state index contributed by atoms with van der Waals surface area (Å²) in [6.45, 7) is 5.42. The molecule has 6 nitrogen and oxygen atoms in total. The van der Waals surface area contributed by atoms with E-state index in [0.717, 1.165) is 40.9 Å². The largest absolute Gasteiger partial charge is 0.493 e. The Balaban J connectivity index is 2.17. The monoisotopic (exact) mass is 414 g/mol. The maximum absolute atomic E-state index is 5.75. The molecule has 0 spiro atoms. The lowest BCUT2D eigenvalue weighted by atomic mass is 10.2. The van der Waals surface area contributed by atoms with Crippen molar-refractivity contribution in [1.82, 2.24) is 14.9 Å². The third-order valence-electron chi connectivity index (χ3n) is 3.40. The van der Waals surface area contributed by atoms with Crippen LogP contribution in [-0.2, 0) is 13.0 Å². The molecular formula is C16H23BrN4O2S. The van der Waals surface area contributed by atoms with E-state index in [2.05, 4.69) is 45.4 Å². The van der Waals surface area contributed by atoms with Crippen LogP contribution in [0.25, 0.3) is 0 Å². The Labute approximate surface area is 155 Å². The fourth-order valence-electron chi connectivity index (χ4n) is 2.27. The molecular weight excluding hydrogens is 392 g/mol.